The van der Waals surface area contributed by atoms with Crippen LogP contribution < -0.4 is 16.4 Å². The molecule has 25 heavy (non-hydrogen) atoms. The second kappa shape index (κ2) is 9.03. The summed E-state index contributed by atoms with van der Waals surface area (Å²) >= 11 is 0. The highest BCUT2D eigenvalue weighted by Gasteiger charge is 2.28. The van der Waals surface area contributed by atoms with Crippen LogP contribution in [-0.2, 0) is 14.4 Å². The number of phenolic OH excluding ortho intramolecular Hbond substituents is 1. The molecule has 1 rings (SSSR count). The number of carboxylic acids is 1. The Labute approximate surface area is 146 Å². The molecule has 2 amide bonds. The summed E-state index contributed by atoms with van der Waals surface area (Å²) in [5.41, 5.74) is 6.32. The van der Waals surface area contributed by atoms with E-state index in [9.17, 15) is 19.5 Å². The van der Waals surface area contributed by atoms with Crippen molar-refractivity contribution in [2.45, 2.75) is 45.3 Å². The lowest BCUT2D eigenvalue weighted by atomic mass is 10.0. The van der Waals surface area contributed by atoms with Crippen molar-refractivity contribution >= 4 is 17.8 Å². The third-order valence-electron chi connectivity index (χ3n) is 3.73. The van der Waals surface area contributed by atoms with E-state index < -0.39 is 36.3 Å². The van der Waals surface area contributed by atoms with Crippen LogP contribution in [0.1, 0.15) is 38.8 Å². The molecule has 1 aromatic rings. The van der Waals surface area contributed by atoms with Crippen molar-refractivity contribution < 1.29 is 24.6 Å². The van der Waals surface area contributed by atoms with Crippen LogP contribution in [0.4, 0.5) is 0 Å². The number of carbonyl (C=O) groups is 3. The molecule has 138 valence electrons. The fraction of sp³-hybridized carbons (Fsp3) is 0.471. The molecule has 0 aliphatic heterocycles. The number of aromatic hydroxyl groups is 1. The van der Waals surface area contributed by atoms with Gasteiger partial charge in [0.05, 0.1) is 18.5 Å². The number of amides is 2. The zero-order chi connectivity index (χ0) is 19.1. The van der Waals surface area contributed by atoms with Crippen molar-refractivity contribution in [2.24, 2.45) is 11.7 Å². The summed E-state index contributed by atoms with van der Waals surface area (Å²) in [5, 5.41) is 23.3. The number of carboxylic acid groups (broad SMARTS) is 1. The van der Waals surface area contributed by atoms with E-state index in [2.05, 4.69) is 10.6 Å². The van der Waals surface area contributed by atoms with Crippen molar-refractivity contribution in [1.29, 1.82) is 0 Å². The van der Waals surface area contributed by atoms with Gasteiger partial charge in [-0.2, -0.15) is 0 Å². The molecule has 0 unspecified atom stereocenters. The van der Waals surface area contributed by atoms with Crippen LogP contribution in [-0.4, -0.2) is 40.1 Å². The molecule has 0 bridgehead atoms. The van der Waals surface area contributed by atoms with Crippen LogP contribution in [0.3, 0.4) is 0 Å². The highest BCUT2D eigenvalue weighted by Crippen LogP contribution is 2.17. The SMILES string of the molecule is CC(C)[C@@H](NC(=O)[C@@H](N)CC(=O)O)C(=O)N[C@@H](C)c1ccc(O)cc1. The Balaban J connectivity index is 2.74. The molecule has 0 aliphatic rings. The summed E-state index contributed by atoms with van der Waals surface area (Å²) in [6.07, 6.45) is -0.512. The van der Waals surface area contributed by atoms with Gasteiger partial charge in [0.1, 0.15) is 11.8 Å². The molecule has 0 fully saturated rings. The predicted molar refractivity (Wildman–Crippen MR) is 91.7 cm³/mol. The molecule has 6 N–H and O–H groups in total. The van der Waals surface area contributed by atoms with Gasteiger partial charge in [-0.3, -0.25) is 14.4 Å². The second-order valence-electron chi connectivity index (χ2n) is 6.26. The van der Waals surface area contributed by atoms with E-state index in [0.29, 0.717) is 0 Å². The highest BCUT2D eigenvalue weighted by molar-refractivity contribution is 5.91. The van der Waals surface area contributed by atoms with Gasteiger partial charge in [-0.05, 0) is 30.5 Å². The van der Waals surface area contributed by atoms with Crippen LogP contribution in [0.15, 0.2) is 24.3 Å². The zero-order valence-electron chi connectivity index (χ0n) is 14.5. The molecule has 0 saturated heterocycles. The highest BCUT2D eigenvalue weighted by atomic mass is 16.4. The van der Waals surface area contributed by atoms with E-state index in [4.69, 9.17) is 10.8 Å². The second-order valence-corrected chi connectivity index (χ2v) is 6.26. The fourth-order valence-corrected chi connectivity index (χ4v) is 2.23. The number of aliphatic carboxylic acids is 1. The third-order valence-corrected chi connectivity index (χ3v) is 3.73. The summed E-state index contributed by atoms with van der Waals surface area (Å²) in [6, 6.07) is 4.01. The van der Waals surface area contributed by atoms with Crippen LogP contribution in [0.5, 0.6) is 5.75 Å². The molecule has 0 radical (unpaired) electrons. The largest absolute Gasteiger partial charge is 0.508 e. The summed E-state index contributed by atoms with van der Waals surface area (Å²) < 4.78 is 0. The number of nitrogens with one attached hydrogen (secondary N) is 2. The molecule has 0 saturated carbocycles. The lowest BCUT2D eigenvalue weighted by molar-refractivity contribution is -0.139. The molecule has 0 spiro atoms. The molecule has 0 aliphatic carbocycles. The summed E-state index contributed by atoms with van der Waals surface area (Å²) in [4.78, 5) is 35.1. The Morgan fingerprint density at radius 1 is 1.04 bits per heavy atom. The molecule has 1 aromatic carbocycles. The van der Waals surface area contributed by atoms with Gasteiger partial charge in [0, 0.05) is 0 Å². The first-order valence-electron chi connectivity index (χ1n) is 7.98. The first-order valence-corrected chi connectivity index (χ1v) is 7.98. The number of rotatable bonds is 8. The first kappa shape index (κ1) is 20.4. The van der Waals surface area contributed by atoms with E-state index >= 15 is 0 Å². The summed E-state index contributed by atoms with van der Waals surface area (Å²) in [5.74, 6) is -2.36. The van der Waals surface area contributed by atoms with E-state index in [0.717, 1.165) is 5.56 Å². The first-order chi connectivity index (χ1) is 11.6. The minimum absolute atomic E-state index is 0.127. The molecule has 8 nitrogen and oxygen atoms in total. The Morgan fingerprint density at radius 2 is 1.60 bits per heavy atom. The Hall–Kier alpha value is -2.61. The molecule has 0 aromatic heterocycles. The number of hydrogen-bond donors (Lipinski definition) is 5. The van der Waals surface area contributed by atoms with E-state index in [1.54, 1.807) is 32.9 Å². The van der Waals surface area contributed by atoms with Gasteiger partial charge in [-0.1, -0.05) is 26.0 Å². The lowest BCUT2D eigenvalue weighted by Crippen LogP contribution is -2.54. The van der Waals surface area contributed by atoms with Crippen molar-refractivity contribution in [3.8, 4) is 5.75 Å². The lowest BCUT2D eigenvalue weighted by Gasteiger charge is -2.25. The average molecular weight is 351 g/mol. The van der Waals surface area contributed by atoms with Crippen molar-refractivity contribution in [2.75, 3.05) is 0 Å². The van der Waals surface area contributed by atoms with Crippen LogP contribution in [0, 0.1) is 5.92 Å². The van der Waals surface area contributed by atoms with Crippen LogP contribution >= 0.6 is 0 Å². The van der Waals surface area contributed by atoms with Gasteiger partial charge in [0.15, 0.2) is 0 Å². The van der Waals surface area contributed by atoms with E-state index in [1.807, 2.05) is 0 Å². The van der Waals surface area contributed by atoms with Crippen molar-refractivity contribution in [1.82, 2.24) is 10.6 Å². The molecule has 3 atom stereocenters. The van der Waals surface area contributed by atoms with Gasteiger partial charge in [-0.25, -0.2) is 0 Å². The van der Waals surface area contributed by atoms with Crippen LogP contribution in [0.2, 0.25) is 0 Å². The van der Waals surface area contributed by atoms with Crippen LogP contribution in [0.25, 0.3) is 0 Å². The van der Waals surface area contributed by atoms with Gasteiger partial charge < -0.3 is 26.6 Å². The summed E-state index contributed by atoms with van der Waals surface area (Å²) in [6.45, 7) is 5.30. The maximum Gasteiger partial charge on any atom is 0.305 e. The predicted octanol–water partition coefficient (Wildman–Crippen LogP) is 0.512. The number of phenols is 1. The van der Waals surface area contributed by atoms with E-state index in [-0.39, 0.29) is 17.7 Å². The molecular weight excluding hydrogens is 326 g/mol. The van der Waals surface area contributed by atoms with Gasteiger partial charge >= 0.3 is 5.97 Å². The third kappa shape index (κ3) is 6.42. The minimum Gasteiger partial charge on any atom is -0.508 e. The maximum absolute atomic E-state index is 12.5. The molecule has 8 heteroatoms. The Morgan fingerprint density at radius 3 is 2.08 bits per heavy atom. The smallest absolute Gasteiger partial charge is 0.305 e. The average Bonchev–Trinajstić information content (AvgIpc) is 2.51. The van der Waals surface area contributed by atoms with Gasteiger partial charge in [0.2, 0.25) is 11.8 Å². The van der Waals surface area contributed by atoms with Crippen molar-refractivity contribution in [3.05, 3.63) is 29.8 Å². The fourth-order valence-electron chi connectivity index (χ4n) is 2.23. The van der Waals surface area contributed by atoms with E-state index in [1.165, 1.54) is 12.1 Å². The topological polar surface area (TPSA) is 142 Å². The minimum atomic E-state index is -1.22. The Kier molecular flexibility index (Phi) is 7.38. The normalized spacial score (nSPS) is 14.4. The standard InChI is InChI=1S/C17H25N3O5/c1-9(2)15(20-16(24)13(18)8-14(22)23)17(25)19-10(3)11-4-6-12(21)7-5-11/h4-7,9-10,13,15,21H,8,18H2,1-3H3,(H,19,25)(H,20,24)(H,22,23)/t10-,13-,15+/m0/s1. The zero-order valence-corrected chi connectivity index (χ0v) is 14.5. The molecule has 0 heterocycles. The van der Waals surface area contributed by atoms with Crippen molar-refractivity contribution in [3.63, 3.8) is 0 Å². The maximum atomic E-state index is 12.5. The monoisotopic (exact) mass is 351 g/mol. The van der Waals surface area contributed by atoms with Gasteiger partial charge in [0.25, 0.3) is 0 Å². The summed E-state index contributed by atoms with van der Waals surface area (Å²) in [7, 11) is 0. The number of hydrogen-bond acceptors (Lipinski definition) is 5. The Bertz CT molecular complexity index is 615. The number of benzene rings is 1. The van der Waals surface area contributed by atoms with Gasteiger partial charge in [-0.15, -0.1) is 0 Å². The number of nitrogens with two attached hydrogens (primary N) is 1. The molecular formula is C17H25N3O5. The quantitative estimate of drug-likeness (QED) is 0.462. The number of carbonyl (C=O) groups excluding carboxylic acids is 2.